The van der Waals surface area contributed by atoms with Crippen LogP contribution < -0.4 is 4.74 Å². The van der Waals surface area contributed by atoms with Crippen LogP contribution >= 0.6 is 0 Å². The molecule has 0 radical (unpaired) electrons. The summed E-state index contributed by atoms with van der Waals surface area (Å²) in [6.45, 7) is 4.31. The molecule has 3 rings (SSSR count). The van der Waals surface area contributed by atoms with Gasteiger partial charge in [-0.2, -0.15) is 0 Å². The van der Waals surface area contributed by atoms with Gasteiger partial charge in [-0.3, -0.25) is 14.5 Å². The van der Waals surface area contributed by atoms with Crippen molar-refractivity contribution in [1.82, 2.24) is 4.90 Å². The first-order chi connectivity index (χ1) is 12.9. The van der Waals surface area contributed by atoms with E-state index in [2.05, 4.69) is 0 Å². The minimum atomic E-state index is -0.289. The van der Waals surface area contributed by atoms with Crippen molar-refractivity contribution < 1.29 is 18.7 Å². The van der Waals surface area contributed by atoms with E-state index >= 15 is 0 Å². The van der Waals surface area contributed by atoms with Crippen LogP contribution in [0, 0.1) is 5.82 Å². The summed E-state index contributed by atoms with van der Waals surface area (Å²) in [7, 11) is 0. The molecule has 0 saturated carbocycles. The van der Waals surface area contributed by atoms with Crippen LogP contribution in [0.5, 0.6) is 5.75 Å². The van der Waals surface area contributed by atoms with Gasteiger partial charge in [0.15, 0.2) is 0 Å². The Hall–Kier alpha value is -2.69. The van der Waals surface area contributed by atoms with Gasteiger partial charge >= 0.3 is 0 Å². The number of carbonyl (C=O) groups excluding carboxylic acids is 2. The maximum Gasteiger partial charge on any atom is 0.229 e. The predicted molar refractivity (Wildman–Crippen MR) is 101 cm³/mol. The van der Waals surface area contributed by atoms with Crippen molar-refractivity contribution >= 4 is 11.8 Å². The fourth-order valence-electron chi connectivity index (χ4n) is 3.40. The smallest absolute Gasteiger partial charge is 0.229 e. The first-order valence-electron chi connectivity index (χ1n) is 9.29. The Kier molecular flexibility index (Phi) is 5.89. The molecule has 1 atom stereocenters. The SMILES string of the molecule is CC(C)Oc1ccc([C@H](CCN2C(=O)CCC2=O)c2ccc(F)cc2)cc1. The molecular weight excluding hydrogens is 345 g/mol. The second-order valence-corrected chi connectivity index (χ2v) is 7.07. The molecule has 5 heteroatoms. The summed E-state index contributed by atoms with van der Waals surface area (Å²) in [6, 6.07) is 14.2. The van der Waals surface area contributed by atoms with Crippen LogP contribution in [-0.4, -0.2) is 29.4 Å². The molecule has 0 bridgehead atoms. The van der Waals surface area contributed by atoms with Gasteiger partial charge in [0.2, 0.25) is 11.8 Å². The Balaban J connectivity index is 1.82. The largest absolute Gasteiger partial charge is 0.491 e. The molecule has 142 valence electrons. The fraction of sp³-hybridized carbons (Fsp3) is 0.364. The van der Waals surface area contributed by atoms with Gasteiger partial charge in [0, 0.05) is 25.3 Å². The van der Waals surface area contributed by atoms with Crippen molar-refractivity contribution in [3.05, 3.63) is 65.5 Å². The number of imide groups is 1. The number of carbonyl (C=O) groups is 2. The third kappa shape index (κ3) is 4.73. The molecule has 1 aliphatic heterocycles. The summed E-state index contributed by atoms with van der Waals surface area (Å²) in [5.41, 5.74) is 1.99. The highest BCUT2D eigenvalue weighted by Gasteiger charge is 2.29. The lowest BCUT2D eigenvalue weighted by atomic mass is 9.88. The minimum absolute atomic E-state index is 0.0418. The van der Waals surface area contributed by atoms with Crippen LogP contribution in [0.1, 0.15) is 50.2 Å². The third-order valence-electron chi connectivity index (χ3n) is 4.72. The highest BCUT2D eigenvalue weighted by molar-refractivity contribution is 6.01. The Morgan fingerprint density at radius 2 is 1.44 bits per heavy atom. The number of rotatable bonds is 7. The molecule has 1 saturated heterocycles. The van der Waals surface area contributed by atoms with Gasteiger partial charge in [0.25, 0.3) is 0 Å². The van der Waals surface area contributed by atoms with Crippen LogP contribution in [-0.2, 0) is 9.59 Å². The Morgan fingerprint density at radius 1 is 0.926 bits per heavy atom. The van der Waals surface area contributed by atoms with Crippen LogP contribution in [0.3, 0.4) is 0 Å². The molecule has 1 fully saturated rings. The summed E-state index contributed by atoms with van der Waals surface area (Å²) in [6.07, 6.45) is 1.27. The molecular formula is C22H24FNO3. The lowest BCUT2D eigenvalue weighted by molar-refractivity contribution is -0.138. The van der Waals surface area contributed by atoms with Crippen molar-refractivity contribution in [1.29, 1.82) is 0 Å². The Labute approximate surface area is 158 Å². The number of ether oxygens (including phenoxy) is 1. The van der Waals surface area contributed by atoms with E-state index in [1.54, 1.807) is 12.1 Å². The topological polar surface area (TPSA) is 46.6 Å². The second-order valence-electron chi connectivity index (χ2n) is 7.07. The molecule has 0 aliphatic carbocycles. The average Bonchev–Trinajstić information content (AvgIpc) is 2.96. The van der Waals surface area contributed by atoms with Crippen molar-refractivity contribution in [2.75, 3.05) is 6.54 Å². The summed E-state index contributed by atoms with van der Waals surface area (Å²) in [5.74, 6) is 0.233. The van der Waals surface area contributed by atoms with Crippen molar-refractivity contribution in [3.8, 4) is 5.75 Å². The zero-order valence-electron chi connectivity index (χ0n) is 15.7. The molecule has 2 aromatic carbocycles. The van der Waals surface area contributed by atoms with Gasteiger partial charge in [0.1, 0.15) is 11.6 Å². The fourth-order valence-corrected chi connectivity index (χ4v) is 3.40. The molecule has 2 aromatic rings. The van der Waals surface area contributed by atoms with Gasteiger partial charge in [0.05, 0.1) is 6.10 Å². The molecule has 0 aromatic heterocycles. The van der Waals surface area contributed by atoms with E-state index < -0.39 is 0 Å². The molecule has 0 spiro atoms. The van der Waals surface area contributed by atoms with Crippen molar-refractivity contribution in [2.45, 2.75) is 45.1 Å². The van der Waals surface area contributed by atoms with E-state index in [1.807, 2.05) is 38.1 Å². The van der Waals surface area contributed by atoms with E-state index in [0.717, 1.165) is 16.9 Å². The standard InChI is InChI=1S/C22H24FNO3/c1-15(2)27-19-9-5-17(6-10-19)20(16-3-7-18(23)8-4-16)13-14-24-21(25)11-12-22(24)26/h3-10,15,20H,11-14H2,1-2H3/t20-/m1/s1. The molecule has 4 nitrogen and oxygen atoms in total. The zero-order chi connectivity index (χ0) is 19.4. The van der Waals surface area contributed by atoms with Crippen LogP contribution in [0.2, 0.25) is 0 Å². The Bertz CT molecular complexity index is 783. The van der Waals surface area contributed by atoms with Crippen LogP contribution in [0.4, 0.5) is 4.39 Å². The van der Waals surface area contributed by atoms with E-state index in [-0.39, 0.29) is 29.7 Å². The van der Waals surface area contributed by atoms with Crippen molar-refractivity contribution in [2.24, 2.45) is 0 Å². The number of likely N-dealkylation sites (tertiary alicyclic amines) is 1. The van der Waals surface area contributed by atoms with Crippen LogP contribution in [0.15, 0.2) is 48.5 Å². The number of hydrogen-bond donors (Lipinski definition) is 0. The molecule has 1 heterocycles. The van der Waals surface area contributed by atoms with E-state index in [0.29, 0.717) is 25.8 Å². The van der Waals surface area contributed by atoms with Crippen molar-refractivity contribution in [3.63, 3.8) is 0 Å². The minimum Gasteiger partial charge on any atom is -0.491 e. The lowest BCUT2D eigenvalue weighted by Crippen LogP contribution is -2.31. The number of amides is 2. The quantitative estimate of drug-likeness (QED) is 0.684. The van der Waals surface area contributed by atoms with E-state index in [1.165, 1.54) is 17.0 Å². The lowest BCUT2D eigenvalue weighted by Gasteiger charge is -2.22. The Morgan fingerprint density at radius 3 is 1.96 bits per heavy atom. The molecule has 1 aliphatic rings. The van der Waals surface area contributed by atoms with Gasteiger partial charge < -0.3 is 4.74 Å². The first kappa shape index (κ1) is 19.1. The summed E-state index contributed by atoms with van der Waals surface area (Å²) < 4.78 is 19.0. The summed E-state index contributed by atoms with van der Waals surface area (Å²) >= 11 is 0. The van der Waals surface area contributed by atoms with Gasteiger partial charge in [-0.05, 0) is 55.7 Å². The molecule has 27 heavy (non-hydrogen) atoms. The summed E-state index contributed by atoms with van der Waals surface area (Å²) in [5, 5.41) is 0. The normalized spacial score (nSPS) is 15.5. The molecule has 2 amide bonds. The van der Waals surface area contributed by atoms with Crippen LogP contribution in [0.25, 0.3) is 0 Å². The number of nitrogens with zero attached hydrogens (tertiary/aromatic N) is 1. The van der Waals surface area contributed by atoms with Gasteiger partial charge in [-0.1, -0.05) is 24.3 Å². The predicted octanol–water partition coefficient (Wildman–Crippen LogP) is 4.28. The maximum absolute atomic E-state index is 13.3. The highest BCUT2D eigenvalue weighted by Crippen LogP contribution is 2.30. The van der Waals surface area contributed by atoms with E-state index in [9.17, 15) is 14.0 Å². The average molecular weight is 369 g/mol. The number of benzene rings is 2. The third-order valence-corrected chi connectivity index (χ3v) is 4.72. The van der Waals surface area contributed by atoms with Gasteiger partial charge in [-0.25, -0.2) is 4.39 Å². The zero-order valence-corrected chi connectivity index (χ0v) is 15.7. The molecule has 0 unspecified atom stereocenters. The maximum atomic E-state index is 13.3. The number of halogens is 1. The molecule has 0 N–H and O–H groups in total. The summed E-state index contributed by atoms with van der Waals surface area (Å²) in [4.78, 5) is 25.1. The van der Waals surface area contributed by atoms with E-state index in [4.69, 9.17) is 4.74 Å². The monoisotopic (exact) mass is 369 g/mol. The highest BCUT2D eigenvalue weighted by atomic mass is 19.1. The van der Waals surface area contributed by atoms with Gasteiger partial charge in [-0.15, -0.1) is 0 Å². The number of hydrogen-bond acceptors (Lipinski definition) is 3. The second kappa shape index (κ2) is 8.33. The first-order valence-corrected chi connectivity index (χ1v) is 9.29.